The second-order valence-corrected chi connectivity index (χ2v) is 8.07. The van der Waals surface area contributed by atoms with Crippen LogP contribution in [0.3, 0.4) is 0 Å². The van der Waals surface area contributed by atoms with E-state index in [1.807, 2.05) is 48.5 Å². The first-order valence-electron chi connectivity index (χ1n) is 9.82. The molecule has 0 bridgehead atoms. The Labute approximate surface area is 174 Å². The average Bonchev–Trinajstić information content (AvgIpc) is 3.42. The normalized spacial score (nSPS) is 14.8. The first kappa shape index (κ1) is 19.4. The summed E-state index contributed by atoms with van der Waals surface area (Å²) in [5.41, 5.74) is 2.81. The zero-order valence-electron chi connectivity index (χ0n) is 16.1. The van der Waals surface area contributed by atoms with Crippen LogP contribution in [0.2, 0.25) is 0 Å². The summed E-state index contributed by atoms with van der Waals surface area (Å²) in [6, 6.07) is 22.0. The highest BCUT2D eigenvalue weighted by molar-refractivity contribution is 7.10. The van der Waals surface area contributed by atoms with Gasteiger partial charge < -0.3 is 15.5 Å². The van der Waals surface area contributed by atoms with Crippen LogP contribution in [0, 0.1) is 0 Å². The van der Waals surface area contributed by atoms with Gasteiger partial charge in [-0.25, -0.2) is 0 Å². The lowest BCUT2D eigenvalue weighted by atomic mass is 10.1. The molecule has 0 unspecified atom stereocenters. The summed E-state index contributed by atoms with van der Waals surface area (Å²) in [6.45, 7) is 1.09. The van der Waals surface area contributed by atoms with Gasteiger partial charge in [0.1, 0.15) is 6.04 Å². The summed E-state index contributed by atoms with van der Waals surface area (Å²) in [5, 5.41) is 7.08. The number of carbonyl (C=O) groups is 2. The van der Waals surface area contributed by atoms with Gasteiger partial charge in [-0.05, 0) is 42.1 Å². The molecule has 3 N–H and O–H groups in total. The Kier molecular flexibility index (Phi) is 6.03. The molecule has 0 aliphatic carbocycles. The maximum atomic E-state index is 12.5. The summed E-state index contributed by atoms with van der Waals surface area (Å²) < 4.78 is 0. The number of hydrogen-bond donors (Lipinski definition) is 2. The van der Waals surface area contributed by atoms with Crippen molar-refractivity contribution in [1.29, 1.82) is 0 Å². The number of anilines is 2. The molecule has 2 heterocycles. The summed E-state index contributed by atoms with van der Waals surface area (Å²) >= 11 is 1.70. The summed E-state index contributed by atoms with van der Waals surface area (Å²) in [4.78, 5) is 27.4. The van der Waals surface area contributed by atoms with Crippen LogP contribution in [-0.2, 0) is 9.59 Å². The Hall–Kier alpha value is -2.96. The number of nitrogens with one attached hydrogen (secondary N) is 1. The van der Waals surface area contributed by atoms with Crippen molar-refractivity contribution >= 4 is 34.5 Å². The Morgan fingerprint density at radius 3 is 2.52 bits per heavy atom. The number of carbonyl (C=O) groups excluding carboxylic acids is 2. The molecular formula is C23H24N3O2S+. The number of quaternary nitrogens is 1. The van der Waals surface area contributed by atoms with Crippen LogP contribution in [0.15, 0.2) is 72.1 Å². The number of benzene rings is 2. The van der Waals surface area contributed by atoms with Gasteiger partial charge in [0.2, 0.25) is 5.91 Å². The fourth-order valence-electron chi connectivity index (χ4n) is 3.63. The van der Waals surface area contributed by atoms with E-state index < -0.39 is 0 Å². The number of nitrogens with zero attached hydrogens (tertiary/aromatic N) is 1. The highest BCUT2D eigenvalue weighted by Gasteiger charge is 2.22. The van der Waals surface area contributed by atoms with Gasteiger partial charge in [0, 0.05) is 29.9 Å². The van der Waals surface area contributed by atoms with Gasteiger partial charge >= 0.3 is 0 Å². The predicted octanol–water partition coefficient (Wildman–Crippen LogP) is 3.17. The van der Waals surface area contributed by atoms with Gasteiger partial charge in [-0.1, -0.05) is 36.4 Å². The molecule has 1 aliphatic rings. The first-order chi connectivity index (χ1) is 14.2. The lowest BCUT2D eigenvalue weighted by Crippen LogP contribution is -2.87. The second kappa shape index (κ2) is 9.03. The van der Waals surface area contributed by atoms with Crippen LogP contribution in [0.4, 0.5) is 11.4 Å². The molecule has 29 heavy (non-hydrogen) atoms. The zero-order valence-corrected chi connectivity index (χ0v) is 16.9. The third kappa shape index (κ3) is 4.72. The highest BCUT2D eigenvalue weighted by Crippen LogP contribution is 2.24. The molecule has 6 heteroatoms. The van der Waals surface area contributed by atoms with Crippen LogP contribution in [-0.4, -0.2) is 24.9 Å². The standard InChI is InChI=1S/C23H23N3O2S/c27-21(25-18-10-12-19(13-11-18)26-14-4-9-22(26)28)16-24-23(20-8-5-15-29-20)17-6-2-1-3-7-17/h1-3,5-8,10-13,15,23-24H,4,9,14,16H2,(H,25,27)/p+1/t23-/m1/s1. The highest BCUT2D eigenvalue weighted by atomic mass is 32.1. The SMILES string of the molecule is O=C(C[NH2+][C@H](c1ccccc1)c1cccs1)Nc1ccc(N2CCCC2=O)cc1. The molecule has 148 valence electrons. The largest absolute Gasteiger partial charge is 0.328 e. The molecule has 0 radical (unpaired) electrons. The van der Waals surface area contributed by atoms with Crippen LogP contribution < -0.4 is 15.5 Å². The number of thiophene rings is 1. The van der Waals surface area contributed by atoms with Crippen molar-refractivity contribution in [2.75, 3.05) is 23.3 Å². The number of rotatable bonds is 7. The van der Waals surface area contributed by atoms with E-state index in [1.165, 1.54) is 10.4 Å². The Morgan fingerprint density at radius 1 is 1.07 bits per heavy atom. The van der Waals surface area contributed by atoms with E-state index in [9.17, 15) is 9.59 Å². The predicted molar refractivity (Wildman–Crippen MR) is 116 cm³/mol. The second-order valence-electron chi connectivity index (χ2n) is 7.09. The van der Waals surface area contributed by atoms with E-state index in [-0.39, 0.29) is 17.9 Å². The van der Waals surface area contributed by atoms with Crippen molar-refractivity contribution in [1.82, 2.24) is 0 Å². The Balaban J connectivity index is 1.37. The lowest BCUT2D eigenvalue weighted by Gasteiger charge is -2.16. The maximum Gasteiger partial charge on any atom is 0.279 e. The van der Waals surface area contributed by atoms with Crippen LogP contribution >= 0.6 is 11.3 Å². The van der Waals surface area contributed by atoms with Crippen LogP contribution in [0.5, 0.6) is 0 Å². The van der Waals surface area contributed by atoms with Gasteiger partial charge in [0.15, 0.2) is 6.54 Å². The van der Waals surface area contributed by atoms with E-state index in [2.05, 4.69) is 34.2 Å². The fraction of sp³-hybridized carbons (Fsp3) is 0.217. The molecule has 3 aromatic rings. The summed E-state index contributed by atoms with van der Waals surface area (Å²) in [6.07, 6.45) is 1.51. The van der Waals surface area contributed by atoms with Crippen molar-refractivity contribution in [3.63, 3.8) is 0 Å². The fourth-order valence-corrected chi connectivity index (χ4v) is 4.48. The van der Waals surface area contributed by atoms with E-state index in [0.29, 0.717) is 13.0 Å². The van der Waals surface area contributed by atoms with Crippen molar-refractivity contribution in [3.05, 3.63) is 82.6 Å². The third-order valence-electron chi connectivity index (χ3n) is 5.08. The molecule has 1 aliphatic heterocycles. The van der Waals surface area contributed by atoms with E-state index >= 15 is 0 Å². The molecule has 0 spiro atoms. The summed E-state index contributed by atoms with van der Waals surface area (Å²) in [7, 11) is 0. The zero-order chi connectivity index (χ0) is 20.1. The molecule has 2 aromatic carbocycles. The molecule has 0 saturated carbocycles. The Morgan fingerprint density at radius 2 is 1.86 bits per heavy atom. The van der Waals surface area contributed by atoms with Gasteiger partial charge in [-0.2, -0.15) is 0 Å². The molecular weight excluding hydrogens is 382 g/mol. The van der Waals surface area contributed by atoms with Crippen molar-refractivity contribution < 1.29 is 14.9 Å². The number of amides is 2. The average molecular weight is 407 g/mol. The molecule has 1 fully saturated rings. The molecule has 4 rings (SSSR count). The van der Waals surface area contributed by atoms with Crippen molar-refractivity contribution in [2.24, 2.45) is 0 Å². The number of hydrogen-bond acceptors (Lipinski definition) is 3. The van der Waals surface area contributed by atoms with E-state index in [4.69, 9.17) is 0 Å². The van der Waals surface area contributed by atoms with Gasteiger partial charge in [0.05, 0.1) is 4.88 Å². The molecule has 1 saturated heterocycles. The molecule has 1 atom stereocenters. The first-order valence-corrected chi connectivity index (χ1v) is 10.7. The molecule has 2 amide bonds. The minimum Gasteiger partial charge on any atom is -0.328 e. The topological polar surface area (TPSA) is 66.0 Å². The third-order valence-corrected chi connectivity index (χ3v) is 6.04. The quantitative estimate of drug-likeness (QED) is 0.633. The van der Waals surface area contributed by atoms with Gasteiger partial charge in [-0.15, -0.1) is 11.3 Å². The van der Waals surface area contributed by atoms with Crippen LogP contribution in [0.1, 0.15) is 29.3 Å². The van der Waals surface area contributed by atoms with Crippen LogP contribution in [0.25, 0.3) is 0 Å². The van der Waals surface area contributed by atoms with Crippen molar-refractivity contribution in [2.45, 2.75) is 18.9 Å². The van der Waals surface area contributed by atoms with Gasteiger partial charge in [-0.3, -0.25) is 9.59 Å². The van der Waals surface area contributed by atoms with E-state index in [0.717, 1.165) is 24.3 Å². The summed E-state index contributed by atoms with van der Waals surface area (Å²) in [5.74, 6) is 0.115. The number of nitrogens with two attached hydrogens (primary N) is 1. The maximum absolute atomic E-state index is 12.5. The van der Waals surface area contributed by atoms with E-state index in [1.54, 1.807) is 16.2 Å². The molecule has 5 nitrogen and oxygen atoms in total. The minimum absolute atomic E-state index is 0.0486. The monoisotopic (exact) mass is 406 g/mol. The lowest BCUT2D eigenvalue weighted by molar-refractivity contribution is -0.675. The van der Waals surface area contributed by atoms with Gasteiger partial charge in [0.25, 0.3) is 5.91 Å². The Bertz CT molecular complexity index is 956. The molecule has 1 aromatic heterocycles. The smallest absolute Gasteiger partial charge is 0.279 e. The minimum atomic E-state index is -0.0486. The van der Waals surface area contributed by atoms with Crippen molar-refractivity contribution in [3.8, 4) is 0 Å².